The zero-order valence-electron chi connectivity index (χ0n) is 18.0. The van der Waals surface area contributed by atoms with Crippen LogP contribution in [0.15, 0.2) is 52.5 Å². The molecule has 3 aromatic rings. The summed E-state index contributed by atoms with van der Waals surface area (Å²) in [7, 11) is -4.20. The lowest BCUT2D eigenvalue weighted by Crippen LogP contribution is -2.36. The Kier molecular flexibility index (Phi) is 7.01. The number of carbonyl (C=O) groups is 1. The van der Waals surface area contributed by atoms with Crippen LogP contribution in [-0.2, 0) is 16.4 Å². The van der Waals surface area contributed by atoms with Crippen LogP contribution < -0.4 is 0 Å². The second kappa shape index (κ2) is 9.28. The molecule has 0 unspecified atom stereocenters. The van der Waals surface area contributed by atoms with Gasteiger partial charge in [-0.15, -0.1) is 0 Å². The lowest BCUT2D eigenvalue weighted by molar-refractivity contribution is 0.122. The first kappa shape index (κ1) is 24.9. The Morgan fingerprint density at radius 1 is 1.21 bits per heavy atom. The van der Waals surface area contributed by atoms with Crippen LogP contribution in [0.4, 0.5) is 9.18 Å². The average Bonchev–Trinajstić information content (AvgIpc) is 3.13. The van der Waals surface area contributed by atoms with Crippen molar-refractivity contribution in [2.45, 2.75) is 37.2 Å². The minimum atomic E-state index is -4.20. The van der Waals surface area contributed by atoms with Gasteiger partial charge in [-0.2, -0.15) is 5.10 Å². The molecule has 0 spiro atoms. The van der Waals surface area contributed by atoms with Crippen molar-refractivity contribution in [1.82, 2.24) is 19.7 Å². The summed E-state index contributed by atoms with van der Waals surface area (Å²) in [5.74, 6) is -0.761. The highest BCUT2D eigenvalue weighted by Gasteiger charge is 2.29. The molecule has 0 saturated carbocycles. The van der Waals surface area contributed by atoms with Crippen molar-refractivity contribution in [1.29, 1.82) is 0 Å². The summed E-state index contributed by atoms with van der Waals surface area (Å²) in [4.78, 5) is 16.5. The fraction of sp³-hybridized carbons (Fsp3) is 0.286. The molecule has 0 aliphatic carbocycles. The Hall–Kier alpha value is -2.69. The summed E-state index contributed by atoms with van der Waals surface area (Å²) >= 11 is 11.9. The fourth-order valence-corrected chi connectivity index (χ4v) is 4.76. The van der Waals surface area contributed by atoms with Crippen LogP contribution in [0.2, 0.25) is 10.2 Å². The number of hydrogen-bond acceptors (Lipinski definition) is 5. The molecule has 2 heterocycles. The highest BCUT2D eigenvalue weighted by molar-refractivity contribution is 7.91. The first-order valence-corrected chi connectivity index (χ1v) is 11.9. The Bertz CT molecular complexity index is 1290. The summed E-state index contributed by atoms with van der Waals surface area (Å²) < 4.78 is 41.9. The number of halogens is 3. The van der Waals surface area contributed by atoms with Gasteiger partial charge in [0.1, 0.15) is 16.0 Å². The number of pyridine rings is 1. The molecule has 0 atom stereocenters. The lowest BCUT2D eigenvalue weighted by atomic mass is 9.96. The molecule has 3 rings (SSSR count). The van der Waals surface area contributed by atoms with E-state index in [0.29, 0.717) is 0 Å². The van der Waals surface area contributed by atoms with E-state index < -0.39 is 21.7 Å². The second-order valence-corrected chi connectivity index (χ2v) is 11.1. The van der Waals surface area contributed by atoms with Gasteiger partial charge in [0.15, 0.2) is 5.03 Å². The molecule has 0 fully saturated rings. The number of nitrogens with zero attached hydrogens (tertiary/aromatic N) is 4. The number of rotatable bonds is 6. The maximum absolute atomic E-state index is 14.1. The highest BCUT2D eigenvalue weighted by atomic mass is 35.5. The van der Waals surface area contributed by atoms with Crippen LogP contribution in [-0.4, -0.2) is 45.8 Å². The predicted octanol–water partition coefficient (Wildman–Crippen LogP) is 5.07. The smallest absolute Gasteiger partial charge is 0.407 e. The molecule has 0 bridgehead atoms. The van der Waals surface area contributed by atoms with Gasteiger partial charge in [-0.1, -0.05) is 50.0 Å². The number of aromatic nitrogens is 3. The Morgan fingerprint density at radius 2 is 1.91 bits per heavy atom. The molecule has 1 aromatic carbocycles. The van der Waals surface area contributed by atoms with Crippen LogP contribution in [0, 0.1) is 11.2 Å². The van der Waals surface area contributed by atoms with Crippen LogP contribution in [0.25, 0.3) is 5.69 Å². The largest absolute Gasteiger partial charge is 0.465 e. The molecule has 12 heteroatoms. The summed E-state index contributed by atoms with van der Waals surface area (Å²) in [6, 6.07) is 7.73. The fourth-order valence-electron chi connectivity index (χ4n) is 3.11. The van der Waals surface area contributed by atoms with E-state index in [-0.39, 0.29) is 50.0 Å². The summed E-state index contributed by atoms with van der Waals surface area (Å²) in [5.41, 5.74) is -0.222. The van der Waals surface area contributed by atoms with E-state index in [1.165, 1.54) is 30.3 Å². The number of amides is 1. The van der Waals surface area contributed by atoms with Crippen LogP contribution in [0.1, 0.15) is 26.5 Å². The number of sulfone groups is 1. The number of benzene rings is 1. The van der Waals surface area contributed by atoms with E-state index >= 15 is 0 Å². The van der Waals surface area contributed by atoms with Crippen LogP contribution in [0.3, 0.4) is 0 Å². The molecule has 0 aliphatic rings. The van der Waals surface area contributed by atoms with Gasteiger partial charge in [-0.05, 0) is 29.7 Å². The standard InChI is InChI=1S/C21H21Cl2FN4O4S/c1-21(2,3)12-27(20(29)30)11-13-9-18(33(31,32)14-7-8-17(22)25-10-14)28(26-13)16-6-4-5-15(24)19(16)23/h4-10H,11-12H2,1-3H3,(H,29,30). The third kappa shape index (κ3) is 5.63. The summed E-state index contributed by atoms with van der Waals surface area (Å²) in [5, 5.41) is 13.3. The molecular weight excluding hydrogens is 494 g/mol. The molecule has 0 radical (unpaired) electrons. The van der Waals surface area contributed by atoms with Crippen molar-refractivity contribution in [2.75, 3.05) is 6.54 Å². The van der Waals surface area contributed by atoms with Crippen LogP contribution >= 0.6 is 23.2 Å². The molecule has 0 aliphatic heterocycles. The van der Waals surface area contributed by atoms with E-state index in [9.17, 15) is 22.7 Å². The van der Waals surface area contributed by atoms with Gasteiger partial charge in [0, 0.05) is 18.8 Å². The predicted molar refractivity (Wildman–Crippen MR) is 121 cm³/mol. The van der Waals surface area contributed by atoms with Gasteiger partial charge in [0.05, 0.1) is 22.8 Å². The highest BCUT2D eigenvalue weighted by Crippen LogP contribution is 2.30. The van der Waals surface area contributed by atoms with Gasteiger partial charge in [0.2, 0.25) is 9.84 Å². The van der Waals surface area contributed by atoms with E-state index in [1.54, 1.807) is 0 Å². The molecule has 1 amide bonds. The monoisotopic (exact) mass is 514 g/mol. The van der Waals surface area contributed by atoms with Gasteiger partial charge >= 0.3 is 6.09 Å². The Morgan fingerprint density at radius 3 is 2.48 bits per heavy atom. The zero-order chi connectivity index (χ0) is 24.6. The van der Waals surface area contributed by atoms with E-state index in [4.69, 9.17) is 23.2 Å². The van der Waals surface area contributed by atoms with Crippen molar-refractivity contribution < 1.29 is 22.7 Å². The molecule has 0 saturated heterocycles. The van der Waals surface area contributed by atoms with Gasteiger partial charge in [-0.3, -0.25) is 0 Å². The van der Waals surface area contributed by atoms with Crippen molar-refractivity contribution in [3.63, 3.8) is 0 Å². The normalized spacial score (nSPS) is 12.1. The van der Waals surface area contributed by atoms with Gasteiger partial charge < -0.3 is 10.0 Å². The maximum atomic E-state index is 14.1. The number of hydrogen-bond donors (Lipinski definition) is 1. The minimum absolute atomic E-state index is 0.0129. The average molecular weight is 515 g/mol. The first-order chi connectivity index (χ1) is 15.3. The Labute approximate surface area is 200 Å². The van der Waals surface area contributed by atoms with E-state index in [0.717, 1.165) is 21.8 Å². The van der Waals surface area contributed by atoms with Gasteiger partial charge in [0.25, 0.3) is 0 Å². The molecule has 2 aromatic heterocycles. The van der Waals surface area contributed by atoms with Crippen LogP contribution in [0.5, 0.6) is 0 Å². The molecular formula is C21H21Cl2FN4O4S. The number of carboxylic acid groups (broad SMARTS) is 1. The summed E-state index contributed by atoms with van der Waals surface area (Å²) in [6.45, 7) is 5.61. The van der Waals surface area contributed by atoms with Crippen molar-refractivity contribution >= 4 is 39.1 Å². The SMILES string of the molecule is CC(C)(C)CN(Cc1cc(S(=O)(=O)c2ccc(Cl)nc2)n(-c2cccc(F)c2Cl)n1)C(=O)O. The maximum Gasteiger partial charge on any atom is 0.407 e. The molecule has 8 nitrogen and oxygen atoms in total. The zero-order valence-corrected chi connectivity index (χ0v) is 20.3. The molecule has 176 valence electrons. The Balaban J connectivity index is 2.17. The van der Waals surface area contributed by atoms with Gasteiger partial charge in [-0.25, -0.2) is 27.3 Å². The van der Waals surface area contributed by atoms with Crippen molar-refractivity contribution in [2.24, 2.45) is 5.41 Å². The lowest BCUT2D eigenvalue weighted by Gasteiger charge is -2.27. The van der Waals surface area contributed by atoms with E-state index in [1.807, 2.05) is 20.8 Å². The second-order valence-electron chi connectivity index (χ2n) is 8.48. The third-order valence-corrected chi connectivity index (χ3v) is 6.76. The summed E-state index contributed by atoms with van der Waals surface area (Å²) in [6.07, 6.45) is -0.0973. The third-order valence-electron chi connectivity index (χ3n) is 4.46. The first-order valence-electron chi connectivity index (χ1n) is 9.67. The quantitative estimate of drug-likeness (QED) is 0.460. The molecule has 1 N–H and O–H groups in total. The topological polar surface area (TPSA) is 105 Å². The van der Waals surface area contributed by atoms with E-state index in [2.05, 4.69) is 10.1 Å². The molecule has 33 heavy (non-hydrogen) atoms. The van der Waals surface area contributed by atoms with Crippen molar-refractivity contribution in [3.05, 3.63) is 64.3 Å². The minimum Gasteiger partial charge on any atom is -0.465 e. The van der Waals surface area contributed by atoms with Crippen molar-refractivity contribution in [3.8, 4) is 5.69 Å².